The van der Waals surface area contributed by atoms with Crippen LogP contribution in [-0.2, 0) is 4.79 Å². The Balaban J connectivity index is 1.75. The molecule has 4 nitrogen and oxygen atoms in total. The van der Waals surface area contributed by atoms with Gasteiger partial charge in [-0.1, -0.05) is 54.6 Å². The molecule has 0 radical (unpaired) electrons. The molecule has 3 rings (SSSR count). The van der Waals surface area contributed by atoms with Gasteiger partial charge in [-0.15, -0.1) is 0 Å². The van der Waals surface area contributed by atoms with E-state index in [9.17, 15) is 4.79 Å². The van der Waals surface area contributed by atoms with Crippen LogP contribution in [0, 0.1) is 13.8 Å². The number of nitrogens with one attached hydrogen (secondary N) is 1. The number of hydrogen-bond donors (Lipinski definition) is 1. The summed E-state index contributed by atoms with van der Waals surface area (Å²) in [6.07, 6.45) is 0. The Bertz CT molecular complexity index is 920. The van der Waals surface area contributed by atoms with Gasteiger partial charge in [0.25, 0.3) is 5.91 Å². The Morgan fingerprint density at radius 2 is 1.61 bits per heavy atom. The Labute approximate surface area is 166 Å². The quantitative estimate of drug-likeness (QED) is 0.657. The van der Waals surface area contributed by atoms with Gasteiger partial charge >= 0.3 is 0 Å². The second-order valence-electron chi connectivity index (χ2n) is 6.74. The van der Waals surface area contributed by atoms with Crippen molar-refractivity contribution in [3.05, 3.63) is 95.1 Å². The molecular formula is C24H25NO3. The molecule has 1 atom stereocenters. The fourth-order valence-corrected chi connectivity index (χ4v) is 3.01. The zero-order valence-corrected chi connectivity index (χ0v) is 16.4. The highest BCUT2D eigenvalue weighted by Crippen LogP contribution is 2.24. The van der Waals surface area contributed by atoms with Crippen molar-refractivity contribution >= 4 is 5.91 Å². The molecule has 0 aliphatic carbocycles. The van der Waals surface area contributed by atoms with Crippen LogP contribution < -0.4 is 14.8 Å². The van der Waals surface area contributed by atoms with Gasteiger partial charge in [0.1, 0.15) is 11.5 Å². The third-order valence-electron chi connectivity index (χ3n) is 4.59. The number of ether oxygens (including phenoxy) is 2. The molecule has 0 unspecified atom stereocenters. The Kier molecular flexibility index (Phi) is 6.33. The molecule has 1 N–H and O–H groups in total. The molecule has 0 spiro atoms. The topological polar surface area (TPSA) is 47.6 Å². The first-order valence-electron chi connectivity index (χ1n) is 9.25. The third kappa shape index (κ3) is 4.92. The summed E-state index contributed by atoms with van der Waals surface area (Å²) in [6, 6.07) is 23.3. The summed E-state index contributed by atoms with van der Waals surface area (Å²) in [5.74, 6) is 1.33. The number of carbonyl (C=O) groups is 1. The fraction of sp³-hybridized carbons (Fsp3) is 0.208. The monoisotopic (exact) mass is 375 g/mol. The van der Waals surface area contributed by atoms with Gasteiger partial charge < -0.3 is 14.8 Å². The molecule has 3 aromatic carbocycles. The zero-order chi connectivity index (χ0) is 19.9. The molecule has 0 bridgehead atoms. The van der Waals surface area contributed by atoms with Crippen LogP contribution in [-0.4, -0.2) is 19.6 Å². The van der Waals surface area contributed by atoms with Gasteiger partial charge in [0.2, 0.25) is 0 Å². The lowest BCUT2D eigenvalue weighted by atomic mass is 9.98. The molecule has 0 aromatic heterocycles. The number of hydrogen-bond acceptors (Lipinski definition) is 3. The van der Waals surface area contributed by atoms with E-state index >= 15 is 0 Å². The van der Waals surface area contributed by atoms with E-state index in [-0.39, 0.29) is 18.6 Å². The summed E-state index contributed by atoms with van der Waals surface area (Å²) in [7, 11) is 1.64. The smallest absolute Gasteiger partial charge is 0.258 e. The van der Waals surface area contributed by atoms with Gasteiger partial charge in [-0.25, -0.2) is 0 Å². The van der Waals surface area contributed by atoms with E-state index in [1.165, 1.54) is 0 Å². The van der Waals surface area contributed by atoms with Crippen molar-refractivity contribution in [2.45, 2.75) is 19.9 Å². The lowest BCUT2D eigenvalue weighted by Crippen LogP contribution is -2.33. The summed E-state index contributed by atoms with van der Waals surface area (Å²) in [5.41, 5.74) is 4.09. The predicted octanol–water partition coefficient (Wildman–Crippen LogP) is 4.60. The maximum Gasteiger partial charge on any atom is 0.258 e. The van der Waals surface area contributed by atoms with Crippen molar-refractivity contribution in [2.24, 2.45) is 0 Å². The summed E-state index contributed by atoms with van der Waals surface area (Å²) >= 11 is 0. The van der Waals surface area contributed by atoms with Crippen molar-refractivity contribution in [2.75, 3.05) is 13.7 Å². The highest BCUT2D eigenvalue weighted by Gasteiger charge is 2.17. The van der Waals surface area contributed by atoms with Gasteiger partial charge in [0.15, 0.2) is 6.61 Å². The normalized spacial score (nSPS) is 11.5. The Hall–Kier alpha value is -3.27. The maximum atomic E-state index is 12.6. The summed E-state index contributed by atoms with van der Waals surface area (Å²) < 4.78 is 11.0. The minimum absolute atomic E-state index is 0.0379. The van der Waals surface area contributed by atoms with Crippen molar-refractivity contribution in [1.29, 1.82) is 0 Å². The molecule has 0 aliphatic rings. The number of benzene rings is 3. The molecule has 0 saturated heterocycles. The van der Waals surface area contributed by atoms with Crippen molar-refractivity contribution in [3.8, 4) is 11.5 Å². The Morgan fingerprint density at radius 1 is 0.929 bits per heavy atom. The van der Waals surface area contributed by atoms with Crippen LogP contribution >= 0.6 is 0 Å². The average Bonchev–Trinajstić information content (AvgIpc) is 2.73. The fourth-order valence-electron chi connectivity index (χ4n) is 3.01. The minimum atomic E-state index is -0.262. The standard InChI is InChI=1S/C24H25NO3/c1-17-9-10-18(2)22(15-17)28-16-23(26)25-24(19-7-5-4-6-8-19)20-11-13-21(27-3)14-12-20/h4-15,24H,16H2,1-3H3,(H,25,26)/t24-/m1/s1. The number of rotatable bonds is 7. The van der Waals surface area contributed by atoms with Crippen LogP contribution in [0.25, 0.3) is 0 Å². The van der Waals surface area contributed by atoms with Gasteiger partial charge in [-0.3, -0.25) is 4.79 Å². The number of carbonyl (C=O) groups excluding carboxylic acids is 1. The SMILES string of the molecule is COc1ccc([C@H](NC(=O)COc2cc(C)ccc2C)c2ccccc2)cc1. The first-order chi connectivity index (χ1) is 13.6. The Morgan fingerprint density at radius 3 is 2.29 bits per heavy atom. The van der Waals surface area contributed by atoms with E-state index < -0.39 is 0 Å². The van der Waals surface area contributed by atoms with E-state index in [1.54, 1.807) is 7.11 Å². The molecule has 0 saturated carbocycles. The van der Waals surface area contributed by atoms with Gasteiger partial charge in [0.05, 0.1) is 13.2 Å². The number of amides is 1. The van der Waals surface area contributed by atoms with Gasteiger partial charge in [-0.05, 0) is 54.3 Å². The lowest BCUT2D eigenvalue weighted by Gasteiger charge is -2.20. The maximum absolute atomic E-state index is 12.6. The summed E-state index contributed by atoms with van der Waals surface area (Å²) in [5, 5.41) is 3.09. The van der Waals surface area contributed by atoms with Gasteiger partial charge in [0, 0.05) is 0 Å². The van der Waals surface area contributed by atoms with Crippen LogP contribution in [0.2, 0.25) is 0 Å². The highest BCUT2D eigenvalue weighted by molar-refractivity contribution is 5.78. The second kappa shape index (κ2) is 9.09. The zero-order valence-electron chi connectivity index (χ0n) is 16.4. The third-order valence-corrected chi connectivity index (χ3v) is 4.59. The van der Waals surface area contributed by atoms with Crippen LogP contribution in [0.15, 0.2) is 72.8 Å². The van der Waals surface area contributed by atoms with Crippen molar-refractivity contribution < 1.29 is 14.3 Å². The van der Waals surface area contributed by atoms with E-state index in [4.69, 9.17) is 9.47 Å². The van der Waals surface area contributed by atoms with Gasteiger partial charge in [-0.2, -0.15) is 0 Å². The van der Waals surface area contributed by atoms with Crippen LogP contribution in [0.4, 0.5) is 0 Å². The molecule has 4 heteroatoms. The first kappa shape index (κ1) is 19.5. The van der Waals surface area contributed by atoms with Crippen LogP contribution in [0.5, 0.6) is 11.5 Å². The predicted molar refractivity (Wildman–Crippen MR) is 111 cm³/mol. The molecule has 3 aromatic rings. The molecule has 0 heterocycles. The average molecular weight is 375 g/mol. The molecule has 0 aliphatic heterocycles. The lowest BCUT2D eigenvalue weighted by molar-refractivity contribution is -0.123. The molecule has 1 amide bonds. The molecule has 144 valence electrons. The van der Waals surface area contributed by atoms with Crippen molar-refractivity contribution in [3.63, 3.8) is 0 Å². The van der Waals surface area contributed by atoms with E-state index in [0.717, 1.165) is 33.8 Å². The van der Waals surface area contributed by atoms with Crippen LogP contribution in [0.1, 0.15) is 28.3 Å². The van der Waals surface area contributed by atoms with E-state index in [0.29, 0.717) is 0 Å². The minimum Gasteiger partial charge on any atom is -0.497 e. The van der Waals surface area contributed by atoms with Crippen molar-refractivity contribution in [1.82, 2.24) is 5.32 Å². The number of methoxy groups -OCH3 is 1. The molecule has 0 fully saturated rings. The largest absolute Gasteiger partial charge is 0.497 e. The summed E-state index contributed by atoms with van der Waals surface area (Å²) in [6.45, 7) is 3.93. The van der Waals surface area contributed by atoms with E-state index in [1.807, 2.05) is 86.6 Å². The van der Waals surface area contributed by atoms with E-state index in [2.05, 4.69) is 5.32 Å². The molecular weight excluding hydrogens is 350 g/mol. The first-order valence-corrected chi connectivity index (χ1v) is 9.25. The van der Waals surface area contributed by atoms with Crippen LogP contribution in [0.3, 0.4) is 0 Å². The second-order valence-corrected chi connectivity index (χ2v) is 6.74. The molecule has 28 heavy (non-hydrogen) atoms. The summed E-state index contributed by atoms with van der Waals surface area (Å²) in [4.78, 5) is 12.6. The highest BCUT2D eigenvalue weighted by atomic mass is 16.5. The number of aryl methyl sites for hydroxylation is 2.